The maximum absolute atomic E-state index is 12.3. The summed E-state index contributed by atoms with van der Waals surface area (Å²) in [6.07, 6.45) is 6.47. The molecule has 2 aromatic rings. The Morgan fingerprint density at radius 3 is 3.10 bits per heavy atom. The molecule has 3 rings (SSSR count). The summed E-state index contributed by atoms with van der Waals surface area (Å²) in [7, 11) is 0. The number of nitrogens with zero attached hydrogens (tertiary/aromatic N) is 1. The molecule has 0 radical (unpaired) electrons. The molecule has 1 N–H and O–H groups in total. The Bertz CT molecular complexity index is 702. The Hall–Kier alpha value is -1.07. The maximum atomic E-state index is 12.3. The molecule has 2 heterocycles. The third kappa shape index (κ3) is 2.56. The predicted octanol–water partition coefficient (Wildman–Crippen LogP) is 3.78. The smallest absolute Gasteiger partial charge is 0.260 e. The lowest BCUT2D eigenvalue weighted by atomic mass is 9.97. The van der Waals surface area contributed by atoms with Crippen LogP contribution >= 0.6 is 23.1 Å². The van der Waals surface area contributed by atoms with Gasteiger partial charge >= 0.3 is 0 Å². The lowest BCUT2D eigenvalue weighted by Crippen LogP contribution is -2.11. The number of thiophene rings is 1. The van der Waals surface area contributed by atoms with Gasteiger partial charge in [-0.05, 0) is 37.2 Å². The van der Waals surface area contributed by atoms with Crippen molar-refractivity contribution in [2.75, 3.05) is 5.75 Å². The second kappa shape index (κ2) is 5.74. The van der Waals surface area contributed by atoms with E-state index in [1.807, 2.05) is 6.08 Å². The molecule has 3 nitrogen and oxygen atoms in total. The first-order chi connectivity index (χ1) is 9.69. The minimum absolute atomic E-state index is 0.0307. The van der Waals surface area contributed by atoms with Crippen molar-refractivity contribution in [1.29, 1.82) is 0 Å². The van der Waals surface area contributed by atoms with E-state index in [0.717, 1.165) is 34.0 Å². The molecule has 0 fully saturated rings. The normalized spacial score (nSPS) is 16.1. The molecule has 0 aliphatic heterocycles. The van der Waals surface area contributed by atoms with Crippen molar-refractivity contribution >= 4 is 33.3 Å². The largest absolute Gasteiger partial charge is 0.301 e. The lowest BCUT2D eigenvalue weighted by molar-refractivity contribution is 0.700. The lowest BCUT2D eigenvalue weighted by Gasteiger charge is -2.09. The number of hydrogen-bond donors (Lipinski definition) is 1. The highest BCUT2D eigenvalue weighted by atomic mass is 32.2. The molecule has 20 heavy (non-hydrogen) atoms. The van der Waals surface area contributed by atoms with Crippen molar-refractivity contribution in [3.05, 3.63) is 33.4 Å². The van der Waals surface area contributed by atoms with Gasteiger partial charge in [-0.3, -0.25) is 4.79 Å². The van der Waals surface area contributed by atoms with E-state index in [4.69, 9.17) is 0 Å². The van der Waals surface area contributed by atoms with E-state index >= 15 is 0 Å². The van der Waals surface area contributed by atoms with Crippen LogP contribution in [0.1, 0.15) is 30.2 Å². The highest BCUT2D eigenvalue weighted by molar-refractivity contribution is 7.99. The molecule has 1 aliphatic rings. The van der Waals surface area contributed by atoms with E-state index in [-0.39, 0.29) is 5.56 Å². The van der Waals surface area contributed by atoms with Gasteiger partial charge in [0.2, 0.25) is 0 Å². The van der Waals surface area contributed by atoms with Crippen molar-refractivity contribution < 1.29 is 0 Å². The number of hydrogen-bond acceptors (Lipinski definition) is 4. The minimum Gasteiger partial charge on any atom is -0.301 e. The van der Waals surface area contributed by atoms with Crippen LogP contribution in [0.2, 0.25) is 0 Å². The van der Waals surface area contributed by atoms with Crippen LogP contribution in [0, 0.1) is 5.92 Å². The van der Waals surface area contributed by atoms with Gasteiger partial charge in [-0.15, -0.1) is 17.9 Å². The molecular formula is C15H18N2OS2. The molecule has 0 amide bonds. The van der Waals surface area contributed by atoms with Crippen LogP contribution < -0.4 is 5.56 Å². The summed E-state index contributed by atoms with van der Waals surface area (Å²) in [6, 6.07) is 0. The topological polar surface area (TPSA) is 45.8 Å². The molecule has 0 saturated heterocycles. The summed E-state index contributed by atoms with van der Waals surface area (Å²) in [4.78, 5) is 22.2. The number of aromatic amines is 1. The number of aryl methyl sites for hydroxylation is 2. The summed E-state index contributed by atoms with van der Waals surface area (Å²) in [5, 5.41) is 1.57. The van der Waals surface area contributed by atoms with E-state index in [1.165, 1.54) is 23.3 Å². The first-order valence-electron chi connectivity index (χ1n) is 6.99. The first-order valence-corrected chi connectivity index (χ1v) is 8.79. The average Bonchev–Trinajstić information content (AvgIpc) is 2.83. The predicted molar refractivity (Wildman–Crippen MR) is 87.0 cm³/mol. The highest BCUT2D eigenvalue weighted by Crippen LogP contribution is 2.34. The van der Waals surface area contributed by atoms with E-state index < -0.39 is 0 Å². The molecule has 1 aliphatic carbocycles. The maximum Gasteiger partial charge on any atom is 0.260 e. The zero-order chi connectivity index (χ0) is 14.1. The molecule has 0 spiro atoms. The standard InChI is InChI=1S/C15H18N2OS2/c1-3-9(2)8-19-15-16-13(18)12-10-6-4-5-7-11(10)20-14(12)17-15/h3,9H,1,4-8H2,2H3,(H,16,17,18)/t9-/m0/s1. The summed E-state index contributed by atoms with van der Waals surface area (Å²) in [5.74, 6) is 1.31. The van der Waals surface area contributed by atoms with E-state index in [9.17, 15) is 4.79 Å². The number of H-pyrrole nitrogens is 1. The summed E-state index contributed by atoms with van der Waals surface area (Å²) in [6.45, 7) is 5.89. The number of rotatable bonds is 4. The quantitative estimate of drug-likeness (QED) is 0.531. The van der Waals surface area contributed by atoms with Crippen LogP contribution in [0.4, 0.5) is 0 Å². The van der Waals surface area contributed by atoms with Gasteiger partial charge < -0.3 is 4.98 Å². The Kier molecular flexibility index (Phi) is 3.98. The van der Waals surface area contributed by atoms with Crippen LogP contribution in [0.3, 0.4) is 0 Å². The fourth-order valence-corrected chi connectivity index (χ4v) is 4.69. The van der Waals surface area contributed by atoms with Gasteiger partial charge in [0.1, 0.15) is 4.83 Å². The number of thioether (sulfide) groups is 1. The van der Waals surface area contributed by atoms with Crippen LogP contribution in [0.25, 0.3) is 10.2 Å². The second-order valence-corrected chi connectivity index (χ2v) is 7.38. The number of nitrogens with one attached hydrogen (secondary N) is 1. The molecule has 106 valence electrons. The van der Waals surface area contributed by atoms with Crippen molar-refractivity contribution in [2.45, 2.75) is 37.8 Å². The fraction of sp³-hybridized carbons (Fsp3) is 0.467. The molecule has 5 heteroatoms. The van der Waals surface area contributed by atoms with Crippen molar-refractivity contribution in [1.82, 2.24) is 9.97 Å². The van der Waals surface area contributed by atoms with Crippen LogP contribution in [0.15, 0.2) is 22.6 Å². The van der Waals surface area contributed by atoms with Gasteiger partial charge in [-0.1, -0.05) is 24.8 Å². The van der Waals surface area contributed by atoms with Gasteiger partial charge in [0.05, 0.1) is 5.39 Å². The van der Waals surface area contributed by atoms with E-state index in [2.05, 4.69) is 23.5 Å². The van der Waals surface area contributed by atoms with Crippen LogP contribution in [0.5, 0.6) is 0 Å². The molecule has 0 aromatic carbocycles. The van der Waals surface area contributed by atoms with Gasteiger partial charge in [0.25, 0.3) is 5.56 Å². The second-order valence-electron chi connectivity index (χ2n) is 5.29. The van der Waals surface area contributed by atoms with Gasteiger partial charge in [-0.2, -0.15) is 0 Å². The summed E-state index contributed by atoms with van der Waals surface area (Å²) in [5.41, 5.74) is 1.28. The third-order valence-electron chi connectivity index (χ3n) is 3.69. The number of fused-ring (bicyclic) bond motifs is 3. The van der Waals surface area contributed by atoms with Crippen molar-refractivity contribution in [3.8, 4) is 0 Å². The zero-order valence-electron chi connectivity index (χ0n) is 11.6. The molecule has 2 aromatic heterocycles. The van der Waals surface area contributed by atoms with Gasteiger partial charge in [0.15, 0.2) is 5.16 Å². The Morgan fingerprint density at radius 2 is 2.30 bits per heavy atom. The number of aromatic nitrogens is 2. The van der Waals surface area contributed by atoms with E-state index in [1.54, 1.807) is 23.1 Å². The van der Waals surface area contributed by atoms with Crippen molar-refractivity contribution in [3.63, 3.8) is 0 Å². The molecule has 0 bridgehead atoms. The molecule has 0 saturated carbocycles. The third-order valence-corrected chi connectivity index (χ3v) is 6.03. The average molecular weight is 306 g/mol. The zero-order valence-corrected chi connectivity index (χ0v) is 13.2. The van der Waals surface area contributed by atoms with Crippen LogP contribution in [-0.2, 0) is 12.8 Å². The first kappa shape index (κ1) is 13.9. The Balaban J connectivity index is 1.98. The fourth-order valence-electron chi connectivity index (χ4n) is 2.49. The van der Waals surface area contributed by atoms with Gasteiger partial charge in [0, 0.05) is 10.6 Å². The van der Waals surface area contributed by atoms with Gasteiger partial charge in [-0.25, -0.2) is 4.98 Å². The number of allylic oxidation sites excluding steroid dienone is 1. The Morgan fingerprint density at radius 1 is 1.50 bits per heavy atom. The molecular weight excluding hydrogens is 288 g/mol. The summed E-state index contributed by atoms with van der Waals surface area (Å²) >= 11 is 3.30. The SMILES string of the molecule is C=C[C@H](C)CSc1nc2sc3c(c2c(=O)[nH]1)CCCC3. The molecule has 0 unspecified atom stereocenters. The van der Waals surface area contributed by atoms with E-state index in [0.29, 0.717) is 5.92 Å². The summed E-state index contributed by atoms with van der Waals surface area (Å²) < 4.78 is 0. The monoisotopic (exact) mass is 306 g/mol. The minimum atomic E-state index is 0.0307. The highest BCUT2D eigenvalue weighted by Gasteiger charge is 2.19. The van der Waals surface area contributed by atoms with Crippen molar-refractivity contribution in [2.24, 2.45) is 5.92 Å². The van der Waals surface area contributed by atoms with Crippen LogP contribution in [-0.4, -0.2) is 15.7 Å². The Labute approximate surface area is 126 Å². The molecule has 1 atom stereocenters.